The van der Waals surface area contributed by atoms with Gasteiger partial charge in [0.2, 0.25) is 0 Å². The zero-order valence-corrected chi connectivity index (χ0v) is 7.18. The topological polar surface area (TPSA) is 39.3 Å². The highest BCUT2D eigenvalue weighted by Gasteiger charge is 2.04. The fourth-order valence-corrected chi connectivity index (χ4v) is 1.16. The van der Waals surface area contributed by atoms with Crippen LogP contribution in [0.2, 0.25) is 0 Å². The summed E-state index contributed by atoms with van der Waals surface area (Å²) in [4.78, 5) is 3.10. The number of rotatable bonds is 2. The minimum absolute atomic E-state index is 0.584. The van der Waals surface area contributed by atoms with Crippen molar-refractivity contribution in [1.29, 1.82) is 0 Å². The molecule has 1 aromatic heterocycles. The molecule has 3 heteroatoms. The Bertz CT molecular complexity index is 221. The third kappa shape index (κ3) is 1.82. The third-order valence-electron chi connectivity index (χ3n) is 1.82. The lowest BCUT2D eigenvalue weighted by molar-refractivity contribution is -0.0733. The predicted octanol–water partition coefficient (Wildman–Crippen LogP) is 1.45. The van der Waals surface area contributed by atoms with E-state index < -0.39 is 0 Å². The lowest BCUT2D eigenvalue weighted by Crippen LogP contribution is -2.12. The molecule has 0 spiro atoms. The van der Waals surface area contributed by atoms with E-state index in [1.54, 1.807) is 7.05 Å². The summed E-state index contributed by atoms with van der Waals surface area (Å²) in [6, 6.07) is 0. The van der Waals surface area contributed by atoms with Gasteiger partial charge in [-0.2, -0.15) is 5.06 Å². The van der Waals surface area contributed by atoms with Crippen LogP contribution in [0.25, 0.3) is 0 Å². The van der Waals surface area contributed by atoms with Gasteiger partial charge in [-0.3, -0.25) is 0 Å². The van der Waals surface area contributed by atoms with Crippen molar-refractivity contribution < 1.29 is 5.21 Å². The molecule has 0 aliphatic rings. The van der Waals surface area contributed by atoms with Crippen LogP contribution < -0.4 is 0 Å². The monoisotopic (exact) mass is 154 g/mol. The van der Waals surface area contributed by atoms with Gasteiger partial charge in [0.25, 0.3) is 0 Å². The standard InChI is InChI=1S/C8H14N2O/c1-6-4-9-7(2)8(6)5-10(3)11/h4,9,11H,5H2,1-3H3. The Labute approximate surface area is 66.6 Å². The number of H-pyrrole nitrogens is 1. The lowest BCUT2D eigenvalue weighted by atomic mass is 10.2. The van der Waals surface area contributed by atoms with E-state index in [9.17, 15) is 0 Å². The molecule has 0 fully saturated rings. The fraction of sp³-hybridized carbons (Fsp3) is 0.500. The quantitative estimate of drug-likeness (QED) is 0.633. The molecule has 3 nitrogen and oxygen atoms in total. The first-order valence-electron chi connectivity index (χ1n) is 3.64. The predicted molar refractivity (Wildman–Crippen MR) is 43.5 cm³/mol. The number of nitrogens with one attached hydrogen (secondary N) is 1. The average molecular weight is 154 g/mol. The maximum atomic E-state index is 8.99. The minimum Gasteiger partial charge on any atom is -0.365 e. The molecule has 0 unspecified atom stereocenters. The SMILES string of the molecule is Cc1c[nH]c(C)c1CN(C)O. The minimum atomic E-state index is 0.584. The second-order valence-electron chi connectivity index (χ2n) is 2.89. The summed E-state index contributed by atoms with van der Waals surface area (Å²) in [5.74, 6) is 0. The van der Waals surface area contributed by atoms with E-state index in [2.05, 4.69) is 4.98 Å². The van der Waals surface area contributed by atoms with Crippen LogP contribution in [0.15, 0.2) is 6.20 Å². The molecule has 11 heavy (non-hydrogen) atoms. The summed E-state index contributed by atoms with van der Waals surface area (Å²) in [7, 11) is 1.64. The molecule has 0 radical (unpaired) electrons. The second kappa shape index (κ2) is 3.07. The van der Waals surface area contributed by atoms with E-state index in [4.69, 9.17) is 5.21 Å². The molecule has 1 aromatic rings. The molecule has 0 saturated heterocycles. The maximum absolute atomic E-state index is 8.99. The van der Waals surface area contributed by atoms with Crippen LogP contribution in [0, 0.1) is 13.8 Å². The van der Waals surface area contributed by atoms with Gasteiger partial charge in [-0.1, -0.05) is 0 Å². The van der Waals surface area contributed by atoms with Crippen molar-refractivity contribution in [3.8, 4) is 0 Å². The van der Waals surface area contributed by atoms with Crippen molar-refractivity contribution >= 4 is 0 Å². The number of nitrogens with zero attached hydrogens (tertiary/aromatic N) is 1. The number of aromatic nitrogens is 1. The number of aromatic amines is 1. The first kappa shape index (κ1) is 8.30. The van der Waals surface area contributed by atoms with Crippen LogP contribution in [0.5, 0.6) is 0 Å². The molecule has 1 heterocycles. The van der Waals surface area contributed by atoms with E-state index >= 15 is 0 Å². The van der Waals surface area contributed by atoms with Gasteiger partial charge in [-0.25, -0.2) is 0 Å². The summed E-state index contributed by atoms with van der Waals surface area (Å²) in [5.41, 5.74) is 3.50. The van der Waals surface area contributed by atoms with E-state index in [0.29, 0.717) is 6.54 Å². The first-order valence-corrected chi connectivity index (χ1v) is 3.64. The highest BCUT2D eigenvalue weighted by molar-refractivity contribution is 5.28. The van der Waals surface area contributed by atoms with Gasteiger partial charge in [0, 0.05) is 18.9 Å². The third-order valence-corrected chi connectivity index (χ3v) is 1.82. The molecule has 2 N–H and O–H groups in total. The van der Waals surface area contributed by atoms with Crippen molar-refractivity contribution in [2.45, 2.75) is 20.4 Å². The van der Waals surface area contributed by atoms with E-state index in [0.717, 1.165) is 5.69 Å². The summed E-state index contributed by atoms with van der Waals surface area (Å²) >= 11 is 0. The summed E-state index contributed by atoms with van der Waals surface area (Å²) in [6.07, 6.45) is 1.95. The largest absolute Gasteiger partial charge is 0.365 e. The normalized spacial score (nSPS) is 11.0. The highest BCUT2D eigenvalue weighted by Crippen LogP contribution is 2.12. The molecule has 0 aliphatic carbocycles. The van der Waals surface area contributed by atoms with Gasteiger partial charge in [-0.05, 0) is 25.0 Å². The zero-order chi connectivity index (χ0) is 8.43. The number of hydrogen-bond acceptors (Lipinski definition) is 2. The van der Waals surface area contributed by atoms with Crippen LogP contribution in [0.1, 0.15) is 16.8 Å². The van der Waals surface area contributed by atoms with Crippen molar-refractivity contribution in [3.63, 3.8) is 0 Å². The first-order chi connectivity index (χ1) is 5.11. The Morgan fingerprint density at radius 2 is 2.18 bits per heavy atom. The Morgan fingerprint density at radius 3 is 2.55 bits per heavy atom. The van der Waals surface area contributed by atoms with Crippen LogP contribution in [-0.4, -0.2) is 22.3 Å². The van der Waals surface area contributed by atoms with Crippen molar-refractivity contribution in [1.82, 2.24) is 10.0 Å². The Morgan fingerprint density at radius 1 is 1.55 bits per heavy atom. The number of hydroxylamine groups is 2. The Balaban J connectivity index is 2.83. The molecular formula is C8H14N2O. The average Bonchev–Trinajstić information content (AvgIpc) is 2.18. The molecule has 0 amide bonds. The maximum Gasteiger partial charge on any atom is 0.0505 e. The Kier molecular flexibility index (Phi) is 2.31. The van der Waals surface area contributed by atoms with Gasteiger partial charge in [-0.15, -0.1) is 0 Å². The Hall–Kier alpha value is -0.800. The lowest BCUT2D eigenvalue weighted by Gasteiger charge is -2.08. The second-order valence-corrected chi connectivity index (χ2v) is 2.89. The van der Waals surface area contributed by atoms with Gasteiger partial charge >= 0.3 is 0 Å². The molecule has 62 valence electrons. The summed E-state index contributed by atoms with van der Waals surface area (Å²) in [5, 5.41) is 10.2. The van der Waals surface area contributed by atoms with Gasteiger partial charge in [0.15, 0.2) is 0 Å². The summed E-state index contributed by atoms with van der Waals surface area (Å²) < 4.78 is 0. The van der Waals surface area contributed by atoms with Gasteiger partial charge < -0.3 is 10.2 Å². The molecule has 1 rings (SSSR count). The van der Waals surface area contributed by atoms with Crippen molar-refractivity contribution in [2.24, 2.45) is 0 Å². The molecular weight excluding hydrogens is 140 g/mol. The van der Waals surface area contributed by atoms with E-state index in [-0.39, 0.29) is 0 Å². The van der Waals surface area contributed by atoms with Crippen LogP contribution in [0.4, 0.5) is 0 Å². The van der Waals surface area contributed by atoms with Crippen LogP contribution >= 0.6 is 0 Å². The van der Waals surface area contributed by atoms with Gasteiger partial charge in [0.1, 0.15) is 0 Å². The smallest absolute Gasteiger partial charge is 0.0505 e. The summed E-state index contributed by atoms with van der Waals surface area (Å²) in [6.45, 7) is 4.62. The molecule has 0 atom stereocenters. The van der Waals surface area contributed by atoms with Crippen LogP contribution in [-0.2, 0) is 6.54 Å². The molecule has 0 aliphatic heterocycles. The zero-order valence-electron chi connectivity index (χ0n) is 7.18. The fourth-order valence-electron chi connectivity index (χ4n) is 1.16. The van der Waals surface area contributed by atoms with E-state index in [1.165, 1.54) is 16.2 Å². The van der Waals surface area contributed by atoms with Crippen LogP contribution in [0.3, 0.4) is 0 Å². The van der Waals surface area contributed by atoms with Crippen molar-refractivity contribution in [2.75, 3.05) is 7.05 Å². The van der Waals surface area contributed by atoms with E-state index in [1.807, 2.05) is 20.0 Å². The highest BCUT2D eigenvalue weighted by atomic mass is 16.5. The van der Waals surface area contributed by atoms with Gasteiger partial charge in [0.05, 0.1) is 6.54 Å². The number of hydrogen-bond donors (Lipinski definition) is 2. The molecule has 0 saturated carbocycles. The van der Waals surface area contributed by atoms with Crippen molar-refractivity contribution in [3.05, 3.63) is 23.0 Å². The number of aryl methyl sites for hydroxylation is 2. The molecule has 0 aromatic carbocycles. The molecule has 0 bridgehead atoms.